The van der Waals surface area contributed by atoms with Gasteiger partial charge >= 0.3 is 0 Å². The van der Waals surface area contributed by atoms with Gasteiger partial charge in [-0.15, -0.1) is 0 Å². The van der Waals surface area contributed by atoms with Crippen molar-refractivity contribution in [1.82, 2.24) is 24.8 Å². The first-order valence-corrected chi connectivity index (χ1v) is 11.2. The monoisotopic (exact) mass is 435 g/mol. The fraction of sp³-hybridized carbons (Fsp3) is 0.222. The van der Waals surface area contributed by atoms with Crippen molar-refractivity contribution >= 4 is 5.91 Å². The van der Waals surface area contributed by atoms with Crippen molar-refractivity contribution < 1.29 is 4.79 Å². The first-order valence-electron chi connectivity index (χ1n) is 11.2. The molecule has 1 atom stereocenters. The third-order valence-electron chi connectivity index (χ3n) is 6.22. The predicted octanol–water partition coefficient (Wildman–Crippen LogP) is 4.93. The molecule has 0 bridgehead atoms. The summed E-state index contributed by atoms with van der Waals surface area (Å²) in [6.07, 6.45) is 10.9. The zero-order chi connectivity index (χ0) is 22.6. The number of hydrogen-bond acceptors (Lipinski definition) is 5. The molecule has 33 heavy (non-hydrogen) atoms. The number of likely N-dealkylation sites (tertiary alicyclic amines) is 1. The van der Waals surface area contributed by atoms with Crippen molar-refractivity contribution in [3.8, 4) is 22.5 Å². The van der Waals surface area contributed by atoms with E-state index in [9.17, 15) is 4.79 Å². The van der Waals surface area contributed by atoms with Gasteiger partial charge in [-0.3, -0.25) is 14.8 Å². The van der Waals surface area contributed by atoms with E-state index in [0.717, 1.165) is 52.9 Å². The number of amides is 1. The molecule has 1 amide bonds. The van der Waals surface area contributed by atoms with E-state index in [0.29, 0.717) is 12.4 Å². The Labute approximate surface area is 193 Å². The number of rotatable bonds is 4. The summed E-state index contributed by atoms with van der Waals surface area (Å²) in [5.74, 6) is 0.887. The highest BCUT2D eigenvalue weighted by atomic mass is 16.2. The number of benzene rings is 1. The van der Waals surface area contributed by atoms with Gasteiger partial charge in [0.25, 0.3) is 5.91 Å². The number of hydrogen-bond donors (Lipinski definition) is 0. The van der Waals surface area contributed by atoms with Crippen LogP contribution in [0.1, 0.15) is 40.4 Å². The van der Waals surface area contributed by atoms with Gasteiger partial charge in [-0.05, 0) is 61.2 Å². The second-order valence-corrected chi connectivity index (χ2v) is 8.37. The second kappa shape index (κ2) is 9.28. The molecule has 5 rings (SSSR count). The Kier molecular flexibility index (Phi) is 5.89. The van der Waals surface area contributed by atoms with Gasteiger partial charge in [-0.1, -0.05) is 18.2 Å². The van der Waals surface area contributed by atoms with Crippen LogP contribution in [0.4, 0.5) is 0 Å². The Morgan fingerprint density at radius 2 is 1.64 bits per heavy atom. The molecule has 0 spiro atoms. The van der Waals surface area contributed by atoms with E-state index < -0.39 is 0 Å². The zero-order valence-electron chi connectivity index (χ0n) is 18.6. The Morgan fingerprint density at radius 1 is 0.939 bits per heavy atom. The van der Waals surface area contributed by atoms with Crippen LogP contribution in [0, 0.1) is 6.92 Å². The molecule has 4 heterocycles. The van der Waals surface area contributed by atoms with Crippen LogP contribution in [0.15, 0.2) is 79.5 Å². The number of piperidine rings is 1. The fourth-order valence-electron chi connectivity index (χ4n) is 4.47. The smallest absolute Gasteiger partial charge is 0.254 e. The molecule has 1 saturated heterocycles. The lowest BCUT2D eigenvalue weighted by Gasteiger charge is -2.33. The molecule has 1 aliphatic rings. The standard InChI is InChI=1S/C27H25N5O/c1-19-5-2-3-7-23(19)27(33)32-16-4-6-22(18-32)25-24(20-8-12-28-13-9-20)17-30-26(31-25)21-10-14-29-15-11-21/h2-3,5,7-15,17,22H,4,6,16,18H2,1H3/t22-/m1/s1. The Hall–Kier alpha value is -3.93. The van der Waals surface area contributed by atoms with Crippen molar-refractivity contribution in [3.63, 3.8) is 0 Å². The zero-order valence-corrected chi connectivity index (χ0v) is 18.6. The average Bonchev–Trinajstić information content (AvgIpc) is 2.89. The second-order valence-electron chi connectivity index (χ2n) is 8.37. The third kappa shape index (κ3) is 4.37. The lowest BCUT2D eigenvalue weighted by molar-refractivity contribution is 0.0705. The van der Waals surface area contributed by atoms with E-state index in [1.54, 1.807) is 24.8 Å². The number of nitrogens with zero attached hydrogens (tertiary/aromatic N) is 5. The summed E-state index contributed by atoms with van der Waals surface area (Å²) in [5, 5.41) is 0. The van der Waals surface area contributed by atoms with Crippen molar-refractivity contribution in [2.45, 2.75) is 25.7 Å². The van der Waals surface area contributed by atoms with Crippen molar-refractivity contribution in [2.24, 2.45) is 0 Å². The lowest BCUT2D eigenvalue weighted by atomic mass is 9.89. The average molecular weight is 436 g/mol. The normalized spacial score (nSPS) is 15.9. The third-order valence-corrected chi connectivity index (χ3v) is 6.22. The first kappa shape index (κ1) is 20.9. The molecule has 1 fully saturated rings. The lowest BCUT2D eigenvalue weighted by Crippen LogP contribution is -2.39. The molecule has 1 aliphatic heterocycles. The first-order chi connectivity index (χ1) is 16.2. The van der Waals surface area contributed by atoms with Crippen LogP contribution in [0.25, 0.3) is 22.5 Å². The maximum Gasteiger partial charge on any atom is 0.254 e. The largest absolute Gasteiger partial charge is 0.338 e. The van der Waals surface area contributed by atoms with Crippen LogP contribution < -0.4 is 0 Å². The number of aryl methyl sites for hydroxylation is 1. The maximum absolute atomic E-state index is 13.3. The van der Waals surface area contributed by atoms with Crippen LogP contribution in [0.5, 0.6) is 0 Å². The number of pyridine rings is 2. The summed E-state index contributed by atoms with van der Waals surface area (Å²) in [7, 11) is 0. The van der Waals surface area contributed by atoms with Gasteiger partial charge in [0.15, 0.2) is 5.82 Å². The van der Waals surface area contributed by atoms with E-state index >= 15 is 0 Å². The molecule has 1 aromatic carbocycles. The Morgan fingerprint density at radius 3 is 2.36 bits per heavy atom. The van der Waals surface area contributed by atoms with E-state index in [1.807, 2.05) is 66.6 Å². The molecule has 164 valence electrons. The van der Waals surface area contributed by atoms with Gasteiger partial charge in [0, 0.05) is 66.7 Å². The fourth-order valence-corrected chi connectivity index (χ4v) is 4.47. The topological polar surface area (TPSA) is 71.9 Å². The minimum absolute atomic E-state index is 0.0895. The van der Waals surface area contributed by atoms with Crippen LogP contribution in [-0.2, 0) is 0 Å². The summed E-state index contributed by atoms with van der Waals surface area (Å²) < 4.78 is 0. The van der Waals surface area contributed by atoms with Crippen molar-refractivity contribution in [3.05, 3.63) is 96.3 Å². The van der Waals surface area contributed by atoms with Crippen LogP contribution >= 0.6 is 0 Å². The van der Waals surface area contributed by atoms with Gasteiger partial charge in [0.2, 0.25) is 0 Å². The molecule has 4 aromatic rings. The highest BCUT2D eigenvalue weighted by Crippen LogP contribution is 2.34. The number of carbonyl (C=O) groups is 1. The molecule has 0 unspecified atom stereocenters. The summed E-state index contributed by atoms with van der Waals surface area (Å²) >= 11 is 0. The van der Waals surface area contributed by atoms with Crippen molar-refractivity contribution in [1.29, 1.82) is 0 Å². The maximum atomic E-state index is 13.3. The molecular formula is C27H25N5O. The van der Waals surface area contributed by atoms with Gasteiger partial charge in [0.1, 0.15) is 0 Å². The molecule has 0 aliphatic carbocycles. The quantitative estimate of drug-likeness (QED) is 0.455. The predicted molar refractivity (Wildman–Crippen MR) is 128 cm³/mol. The molecule has 0 N–H and O–H groups in total. The molecule has 0 radical (unpaired) electrons. The van der Waals surface area contributed by atoms with Crippen LogP contribution in [0.2, 0.25) is 0 Å². The van der Waals surface area contributed by atoms with Crippen molar-refractivity contribution in [2.75, 3.05) is 13.1 Å². The van der Waals surface area contributed by atoms with E-state index in [2.05, 4.69) is 15.0 Å². The van der Waals surface area contributed by atoms with Crippen LogP contribution in [0.3, 0.4) is 0 Å². The highest BCUT2D eigenvalue weighted by Gasteiger charge is 2.29. The van der Waals surface area contributed by atoms with Gasteiger partial charge in [-0.25, -0.2) is 9.97 Å². The molecule has 3 aromatic heterocycles. The van der Waals surface area contributed by atoms with Gasteiger partial charge in [0.05, 0.1) is 5.69 Å². The van der Waals surface area contributed by atoms with E-state index in [4.69, 9.17) is 4.98 Å². The molecular weight excluding hydrogens is 410 g/mol. The number of carbonyl (C=O) groups excluding carboxylic acids is 1. The highest BCUT2D eigenvalue weighted by molar-refractivity contribution is 5.95. The molecule has 6 heteroatoms. The van der Waals surface area contributed by atoms with Gasteiger partial charge in [-0.2, -0.15) is 0 Å². The van der Waals surface area contributed by atoms with Gasteiger partial charge < -0.3 is 4.90 Å². The Bertz CT molecular complexity index is 1260. The summed E-state index contributed by atoms with van der Waals surface area (Å²) in [6, 6.07) is 15.6. The van der Waals surface area contributed by atoms with E-state index in [1.165, 1.54) is 0 Å². The molecule has 0 saturated carbocycles. The summed E-state index contributed by atoms with van der Waals surface area (Å²) in [4.78, 5) is 33.2. The summed E-state index contributed by atoms with van der Waals surface area (Å²) in [6.45, 7) is 3.39. The number of aromatic nitrogens is 4. The molecule has 6 nitrogen and oxygen atoms in total. The summed E-state index contributed by atoms with van der Waals surface area (Å²) in [5.41, 5.74) is 5.70. The minimum Gasteiger partial charge on any atom is -0.338 e. The van der Waals surface area contributed by atoms with Crippen LogP contribution in [-0.4, -0.2) is 43.8 Å². The SMILES string of the molecule is Cc1ccccc1C(=O)N1CCC[C@@H](c2nc(-c3ccncc3)ncc2-c2ccncc2)C1. The van der Waals surface area contributed by atoms with E-state index in [-0.39, 0.29) is 11.8 Å². The minimum atomic E-state index is 0.0895. The Balaban J connectivity index is 1.52.